The van der Waals surface area contributed by atoms with Gasteiger partial charge in [0.15, 0.2) is 0 Å². The van der Waals surface area contributed by atoms with Crippen molar-refractivity contribution < 1.29 is 9.72 Å². The Balaban J connectivity index is 2.95. The zero-order chi connectivity index (χ0) is 10.0. The molecule has 0 aromatic carbocycles. The van der Waals surface area contributed by atoms with Crippen molar-refractivity contribution >= 4 is 27.7 Å². The van der Waals surface area contributed by atoms with Gasteiger partial charge in [0.1, 0.15) is 11.0 Å². The number of nitrogens with zero attached hydrogens (tertiary/aromatic N) is 3. The third kappa shape index (κ3) is 2.25. The average molecular weight is 249 g/mol. The van der Waals surface area contributed by atoms with E-state index in [1.165, 1.54) is 6.20 Å². The first-order chi connectivity index (χ1) is 6.00. The zero-order valence-corrected chi connectivity index (χ0v) is 7.89. The van der Waals surface area contributed by atoms with Crippen LogP contribution in [0, 0.1) is 10.1 Å². The fourth-order valence-electron chi connectivity index (χ4n) is 0.751. The molecule has 0 saturated heterocycles. The Morgan fingerprint density at radius 2 is 2.46 bits per heavy atom. The minimum Gasteiger partial charge on any atom is -0.368 e. The zero-order valence-electron chi connectivity index (χ0n) is 6.31. The Labute approximate surface area is 80.8 Å². The van der Waals surface area contributed by atoms with Crippen LogP contribution in [-0.4, -0.2) is 20.6 Å². The molecule has 0 spiro atoms. The lowest BCUT2D eigenvalue weighted by Crippen LogP contribution is -2.18. The van der Waals surface area contributed by atoms with Crippen LogP contribution in [0.1, 0.15) is 0 Å². The molecule has 13 heavy (non-hydrogen) atoms. The summed E-state index contributed by atoms with van der Waals surface area (Å²) in [4.78, 5) is 20.1. The minimum atomic E-state index is -0.651. The first-order valence-electron chi connectivity index (χ1n) is 3.16. The van der Waals surface area contributed by atoms with Crippen molar-refractivity contribution in [1.29, 1.82) is 0 Å². The number of rotatable bonds is 3. The summed E-state index contributed by atoms with van der Waals surface area (Å²) in [5.41, 5.74) is 4.87. The smallest absolute Gasteiger partial charge is 0.368 e. The van der Waals surface area contributed by atoms with Crippen molar-refractivity contribution in [2.45, 2.75) is 6.54 Å². The maximum atomic E-state index is 10.4. The number of nitro groups is 1. The second-order valence-corrected chi connectivity index (χ2v) is 3.08. The lowest BCUT2D eigenvalue weighted by atomic mass is 10.6. The Morgan fingerprint density at radius 1 is 1.85 bits per heavy atom. The lowest BCUT2D eigenvalue weighted by Gasteiger charge is -1.88. The fraction of sp³-hybridized carbons (Fsp3) is 0.200. The molecule has 0 aliphatic rings. The number of aromatic nitrogens is 2. The van der Waals surface area contributed by atoms with Gasteiger partial charge in [0.2, 0.25) is 5.91 Å². The van der Waals surface area contributed by atoms with Crippen molar-refractivity contribution in [3.8, 4) is 0 Å². The van der Waals surface area contributed by atoms with Crippen molar-refractivity contribution in [2.75, 3.05) is 0 Å². The van der Waals surface area contributed by atoms with Gasteiger partial charge >= 0.3 is 5.82 Å². The molecule has 1 heterocycles. The molecule has 0 radical (unpaired) electrons. The highest BCUT2D eigenvalue weighted by molar-refractivity contribution is 9.10. The standard InChI is InChI=1S/C5H5BrN4O3/c6-3-1-9(2-4(7)11)8-5(3)10(12)13/h1H,2H2,(H2,7,11). The topological polar surface area (TPSA) is 104 Å². The van der Waals surface area contributed by atoms with Gasteiger partial charge in [-0.1, -0.05) is 0 Å². The van der Waals surface area contributed by atoms with E-state index >= 15 is 0 Å². The van der Waals surface area contributed by atoms with Gasteiger partial charge in [0, 0.05) is 0 Å². The maximum Gasteiger partial charge on any atom is 0.404 e. The summed E-state index contributed by atoms with van der Waals surface area (Å²) in [6, 6.07) is 0. The van der Waals surface area contributed by atoms with E-state index in [4.69, 9.17) is 5.73 Å². The van der Waals surface area contributed by atoms with E-state index in [0.717, 1.165) is 4.68 Å². The molecule has 0 atom stereocenters. The number of amides is 1. The van der Waals surface area contributed by atoms with Crippen LogP contribution < -0.4 is 5.73 Å². The van der Waals surface area contributed by atoms with Crippen LogP contribution >= 0.6 is 15.9 Å². The van der Waals surface area contributed by atoms with Gasteiger partial charge in [0.25, 0.3) is 0 Å². The average Bonchev–Trinajstić information content (AvgIpc) is 2.29. The highest BCUT2D eigenvalue weighted by Crippen LogP contribution is 2.21. The van der Waals surface area contributed by atoms with Gasteiger partial charge in [-0.3, -0.25) is 4.79 Å². The Hall–Kier alpha value is -1.44. The number of carbonyl (C=O) groups excluding carboxylic acids is 1. The van der Waals surface area contributed by atoms with Crippen LogP contribution in [0.5, 0.6) is 0 Å². The predicted molar refractivity (Wildman–Crippen MR) is 45.8 cm³/mol. The third-order valence-electron chi connectivity index (χ3n) is 1.19. The molecule has 7 nitrogen and oxygen atoms in total. The summed E-state index contributed by atoms with van der Waals surface area (Å²) < 4.78 is 1.32. The molecule has 2 N–H and O–H groups in total. The van der Waals surface area contributed by atoms with E-state index in [2.05, 4.69) is 21.0 Å². The van der Waals surface area contributed by atoms with Gasteiger partial charge in [-0.05, 0) is 20.9 Å². The van der Waals surface area contributed by atoms with Gasteiger partial charge in [-0.2, -0.15) is 4.68 Å². The van der Waals surface area contributed by atoms with E-state index in [1.807, 2.05) is 0 Å². The highest BCUT2D eigenvalue weighted by Gasteiger charge is 2.18. The molecule has 0 fully saturated rings. The van der Waals surface area contributed by atoms with E-state index < -0.39 is 10.8 Å². The number of carbonyl (C=O) groups is 1. The largest absolute Gasteiger partial charge is 0.404 e. The van der Waals surface area contributed by atoms with Gasteiger partial charge < -0.3 is 15.8 Å². The van der Waals surface area contributed by atoms with E-state index in [-0.39, 0.29) is 16.8 Å². The number of hydrogen-bond acceptors (Lipinski definition) is 4. The van der Waals surface area contributed by atoms with Gasteiger partial charge in [0.05, 0.1) is 11.3 Å². The summed E-state index contributed by atoms with van der Waals surface area (Å²) in [6.45, 7) is -0.174. The van der Waals surface area contributed by atoms with Crippen LogP contribution in [0.2, 0.25) is 0 Å². The number of hydrogen-bond donors (Lipinski definition) is 1. The normalized spacial score (nSPS) is 9.92. The van der Waals surface area contributed by atoms with Crippen LogP contribution in [-0.2, 0) is 11.3 Å². The van der Waals surface area contributed by atoms with E-state index in [1.54, 1.807) is 0 Å². The summed E-state index contributed by atoms with van der Waals surface area (Å²) in [5, 5.41) is 13.8. The molecule has 1 amide bonds. The SMILES string of the molecule is NC(=O)Cn1cc(Br)c([N+](=O)[O-])n1. The van der Waals surface area contributed by atoms with E-state index in [9.17, 15) is 14.9 Å². The molecule has 0 bridgehead atoms. The Morgan fingerprint density at radius 3 is 2.85 bits per heavy atom. The molecule has 0 aliphatic carbocycles. The molecule has 1 aromatic rings. The second kappa shape index (κ2) is 3.52. The predicted octanol–water partition coefficient (Wildman–Crippen LogP) is 0.0391. The minimum absolute atomic E-state index is 0.174. The quantitative estimate of drug-likeness (QED) is 0.603. The second-order valence-electron chi connectivity index (χ2n) is 2.22. The summed E-state index contributed by atoms with van der Waals surface area (Å²) >= 11 is 2.93. The molecular weight excluding hydrogens is 244 g/mol. The fourth-order valence-corrected chi connectivity index (χ4v) is 1.21. The molecule has 1 rings (SSSR count). The third-order valence-corrected chi connectivity index (χ3v) is 1.75. The van der Waals surface area contributed by atoms with Gasteiger partial charge in [-0.15, -0.1) is 0 Å². The van der Waals surface area contributed by atoms with Crippen molar-refractivity contribution in [3.05, 3.63) is 20.8 Å². The van der Waals surface area contributed by atoms with Crippen LogP contribution in [0.15, 0.2) is 10.7 Å². The molecular formula is C5H5BrN4O3. The van der Waals surface area contributed by atoms with Crippen LogP contribution in [0.25, 0.3) is 0 Å². The van der Waals surface area contributed by atoms with Crippen LogP contribution in [0.3, 0.4) is 0 Å². The highest BCUT2D eigenvalue weighted by atomic mass is 79.9. The lowest BCUT2D eigenvalue weighted by molar-refractivity contribution is -0.390. The van der Waals surface area contributed by atoms with E-state index in [0.29, 0.717) is 0 Å². The van der Waals surface area contributed by atoms with Crippen LogP contribution in [0.4, 0.5) is 5.82 Å². The Kier molecular flexibility index (Phi) is 2.61. The first kappa shape index (κ1) is 9.65. The van der Waals surface area contributed by atoms with Crippen molar-refractivity contribution in [2.24, 2.45) is 5.73 Å². The monoisotopic (exact) mass is 248 g/mol. The number of primary amides is 1. The van der Waals surface area contributed by atoms with Crippen molar-refractivity contribution in [1.82, 2.24) is 9.78 Å². The molecule has 0 aliphatic heterocycles. The molecule has 1 aromatic heterocycles. The molecule has 8 heteroatoms. The van der Waals surface area contributed by atoms with Crippen molar-refractivity contribution in [3.63, 3.8) is 0 Å². The Bertz CT molecular complexity index is 361. The molecule has 0 saturated carbocycles. The van der Waals surface area contributed by atoms with Gasteiger partial charge in [-0.25, -0.2) is 0 Å². The molecule has 0 unspecified atom stereocenters. The summed E-state index contributed by atoms with van der Waals surface area (Å²) in [6.07, 6.45) is 1.32. The summed E-state index contributed by atoms with van der Waals surface area (Å²) in [5.74, 6) is -0.939. The number of nitrogens with two attached hydrogens (primary N) is 1. The number of halogens is 1. The first-order valence-corrected chi connectivity index (χ1v) is 3.95. The molecule has 70 valence electrons. The maximum absolute atomic E-state index is 10.4. The summed E-state index contributed by atoms with van der Waals surface area (Å²) in [7, 11) is 0.